The lowest BCUT2D eigenvalue weighted by atomic mass is 10.1. The van der Waals surface area contributed by atoms with Crippen molar-refractivity contribution in [2.75, 3.05) is 6.61 Å². The Morgan fingerprint density at radius 2 is 1.81 bits per heavy atom. The summed E-state index contributed by atoms with van der Waals surface area (Å²) in [4.78, 5) is 27.6. The molecule has 1 aliphatic rings. The molecule has 0 heterocycles. The first-order valence-corrected chi connectivity index (χ1v) is 11.2. The third-order valence-corrected chi connectivity index (χ3v) is 5.90. The second-order valence-electron chi connectivity index (χ2n) is 8.43. The number of benzene rings is 2. The van der Waals surface area contributed by atoms with E-state index in [-0.39, 0.29) is 31.0 Å². The van der Waals surface area contributed by atoms with Gasteiger partial charge in [0.05, 0.1) is 0 Å². The van der Waals surface area contributed by atoms with Gasteiger partial charge in [-0.25, -0.2) is 0 Å². The highest BCUT2D eigenvalue weighted by atomic mass is 35.5. The molecule has 0 spiro atoms. The van der Waals surface area contributed by atoms with E-state index in [1.165, 1.54) is 0 Å². The van der Waals surface area contributed by atoms with E-state index in [0.717, 1.165) is 42.4 Å². The normalized spacial score (nSPS) is 14.8. The van der Waals surface area contributed by atoms with Crippen LogP contribution in [0.1, 0.15) is 49.3 Å². The van der Waals surface area contributed by atoms with Crippen LogP contribution in [0.15, 0.2) is 42.5 Å². The van der Waals surface area contributed by atoms with E-state index in [9.17, 15) is 9.59 Å². The first kappa shape index (κ1) is 23.1. The van der Waals surface area contributed by atoms with Crippen LogP contribution in [0.3, 0.4) is 0 Å². The summed E-state index contributed by atoms with van der Waals surface area (Å²) in [6, 6.07) is 12.8. The Kier molecular flexibility index (Phi) is 7.97. The van der Waals surface area contributed by atoms with Gasteiger partial charge in [0, 0.05) is 17.6 Å². The first-order chi connectivity index (χ1) is 14.8. The summed E-state index contributed by atoms with van der Waals surface area (Å²) in [5, 5.41) is 3.70. The average molecular weight is 443 g/mol. The lowest BCUT2D eigenvalue weighted by molar-refractivity contribution is -0.142. The van der Waals surface area contributed by atoms with Crippen LogP contribution in [0.2, 0.25) is 5.02 Å². The Hall–Kier alpha value is -2.53. The lowest BCUT2D eigenvalue weighted by Gasteiger charge is -2.29. The molecule has 31 heavy (non-hydrogen) atoms. The van der Waals surface area contributed by atoms with Gasteiger partial charge in [-0.2, -0.15) is 0 Å². The predicted octanol–water partition coefficient (Wildman–Crippen LogP) is 4.81. The molecule has 1 unspecified atom stereocenters. The molecule has 0 saturated heterocycles. The van der Waals surface area contributed by atoms with Gasteiger partial charge < -0.3 is 15.0 Å². The highest BCUT2D eigenvalue weighted by Gasteiger charge is 2.28. The minimum atomic E-state index is -0.616. The first-order valence-electron chi connectivity index (χ1n) is 10.9. The number of carbonyl (C=O) groups is 2. The van der Waals surface area contributed by atoms with Crippen molar-refractivity contribution in [3.8, 4) is 5.75 Å². The maximum absolute atomic E-state index is 13.1. The van der Waals surface area contributed by atoms with Crippen molar-refractivity contribution >= 4 is 23.4 Å². The highest BCUT2D eigenvalue weighted by Crippen LogP contribution is 2.20. The molecule has 2 aromatic rings. The van der Waals surface area contributed by atoms with Gasteiger partial charge in [0.1, 0.15) is 11.8 Å². The van der Waals surface area contributed by atoms with Crippen LogP contribution >= 0.6 is 11.6 Å². The van der Waals surface area contributed by atoms with Crippen LogP contribution in [-0.4, -0.2) is 35.4 Å². The van der Waals surface area contributed by atoms with Crippen LogP contribution in [0.25, 0.3) is 0 Å². The van der Waals surface area contributed by atoms with E-state index >= 15 is 0 Å². The number of nitrogens with zero attached hydrogens (tertiary/aromatic N) is 1. The average Bonchev–Trinajstić information content (AvgIpc) is 3.22. The smallest absolute Gasteiger partial charge is 0.261 e. The van der Waals surface area contributed by atoms with E-state index in [1.54, 1.807) is 17.9 Å². The van der Waals surface area contributed by atoms with Crippen LogP contribution < -0.4 is 10.1 Å². The van der Waals surface area contributed by atoms with Crippen molar-refractivity contribution in [1.29, 1.82) is 0 Å². The van der Waals surface area contributed by atoms with Gasteiger partial charge >= 0.3 is 0 Å². The van der Waals surface area contributed by atoms with Gasteiger partial charge in [0.2, 0.25) is 5.91 Å². The third kappa shape index (κ3) is 6.73. The van der Waals surface area contributed by atoms with Crippen LogP contribution in [-0.2, 0) is 16.1 Å². The fraction of sp³-hybridized carbons (Fsp3) is 0.440. The van der Waals surface area contributed by atoms with Crippen molar-refractivity contribution in [2.45, 2.75) is 65.1 Å². The molecule has 0 aliphatic heterocycles. The fourth-order valence-electron chi connectivity index (χ4n) is 4.05. The van der Waals surface area contributed by atoms with Crippen molar-refractivity contribution in [3.05, 3.63) is 64.2 Å². The molecule has 5 nitrogen and oxygen atoms in total. The number of rotatable bonds is 8. The summed E-state index contributed by atoms with van der Waals surface area (Å²) in [6.45, 7) is 5.90. The highest BCUT2D eigenvalue weighted by molar-refractivity contribution is 6.30. The standard InChI is InChI=1S/C25H31ClN2O3/c1-17-11-18(2)13-23(12-17)31-16-24(29)28(15-20-7-6-8-21(26)14-20)19(3)25(30)27-22-9-4-5-10-22/h6-8,11-14,19,22H,4-5,9-10,15-16H2,1-3H3,(H,27,30). The zero-order chi connectivity index (χ0) is 22.4. The van der Waals surface area contributed by atoms with E-state index in [1.807, 2.05) is 44.2 Å². The van der Waals surface area contributed by atoms with E-state index in [0.29, 0.717) is 10.8 Å². The summed E-state index contributed by atoms with van der Waals surface area (Å²) in [7, 11) is 0. The number of aryl methyl sites for hydroxylation is 2. The Morgan fingerprint density at radius 1 is 1.13 bits per heavy atom. The zero-order valence-electron chi connectivity index (χ0n) is 18.5. The van der Waals surface area contributed by atoms with E-state index < -0.39 is 6.04 Å². The van der Waals surface area contributed by atoms with Gasteiger partial charge in [-0.15, -0.1) is 0 Å². The number of hydrogen-bond acceptors (Lipinski definition) is 3. The summed E-state index contributed by atoms with van der Waals surface area (Å²) in [6.07, 6.45) is 4.26. The second-order valence-corrected chi connectivity index (χ2v) is 8.87. The van der Waals surface area contributed by atoms with E-state index in [2.05, 4.69) is 11.4 Å². The molecular formula is C25H31ClN2O3. The summed E-state index contributed by atoms with van der Waals surface area (Å²) >= 11 is 6.13. The molecule has 3 rings (SSSR count). The molecule has 1 atom stereocenters. The Labute approximate surface area is 189 Å². The molecule has 2 aromatic carbocycles. The zero-order valence-corrected chi connectivity index (χ0v) is 19.2. The van der Waals surface area contributed by atoms with Gasteiger partial charge in [-0.05, 0) is 74.6 Å². The Morgan fingerprint density at radius 3 is 2.45 bits per heavy atom. The second kappa shape index (κ2) is 10.7. The number of carbonyl (C=O) groups excluding carboxylic acids is 2. The topological polar surface area (TPSA) is 58.6 Å². The molecular weight excluding hydrogens is 412 g/mol. The molecule has 0 aromatic heterocycles. The SMILES string of the molecule is Cc1cc(C)cc(OCC(=O)N(Cc2cccc(Cl)c2)C(C)C(=O)NC2CCCC2)c1. The van der Waals surface area contributed by atoms with Gasteiger partial charge in [0.15, 0.2) is 6.61 Å². The summed E-state index contributed by atoms with van der Waals surface area (Å²) in [5.41, 5.74) is 3.01. The van der Waals surface area contributed by atoms with Gasteiger partial charge in [0.25, 0.3) is 5.91 Å². The fourth-order valence-corrected chi connectivity index (χ4v) is 4.26. The molecule has 0 bridgehead atoms. The number of ether oxygens (including phenoxy) is 1. The summed E-state index contributed by atoms with van der Waals surface area (Å²) in [5.74, 6) is 0.276. The quantitative estimate of drug-likeness (QED) is 0.638. The minimum Gasteiger partial charge on any atom is -0.484 e. The van der Waals surface area contributed by atoms with Crippen molar-refractivity contribution in [1.82, 2.24) is 10.2 Å². The molecule has 0 radical (unpaired) electrons. The minimum absolute atomic E-state index is 0.131. The van der Waals surface area contributed by atoms with Crippen molar-refractivity contribution in [3.63, 3.8) is 0 Å². The maximum atomic E-state index is 13.1. The van der Waals surface area contributed by atoms with Crippen molar-refractivity contribution < 1.29 is 14.3 Å². The monoisotopic (exact) mass is 442 g/mol. The molecule has 6 heteroatoms. The number of amides is 2. The molecule has 2 amide bonds. The summed E-state index contributed by atoms with van der Waals surface area (Å²) < 4.78 is 5.79. The predicted molar refractivity (Wildman–Crippen MR) is 123 cm³/mol. The number of nitrogens with one attached hydrogen (secondary N) is 1. The molecule has 1 saturated carbocycles. The van der Waals surface area contributed by atoms with Gasteiger partial charge in [-0.3, -0.25) is 9.59 Å². The van der Waals surface area contributed by atoms with Gasteiger partial charge in [-0.1, -0.05) is 42.6 Å². The molecule has 1 N–H and O–H groups in total. The molecule has 1 fully saturated rings. The van der Waals surface area contributed by atoms with Crippen LogP contribution in [0.4, 0.5) is 0 Å². The van der Waals surface area contributed by atoms with Crippen molar-refractivity contribution in [2.24, 2.45) is 0 Å². The largest absolute Gasteiger partial charge is 0.484 e. The maximum Gasteiger partial charge on any atom is 0.261 e. The van der Waals surface area contributed by atoms with E-state index in [4.69, 9.17) is 16.3 Å². The lowest BCUT2D eigenvalue weighted by Crippen LogP contribution is -2.50. The number of hydrogen-bond donors (Lipinski definition) is 1. The molecule has 166 valence electrons. The van der Waals surface area contributed by atoms with Crippen LogP contribution in [0, 0.1) is 13.8 Å². The van der Waals surface area contributed by atoms with Crippen LogP contribution in [0.5, 0.6) is 5.75 Å². The number of halogens is 1. The molecule has 1 aliphatic carbocycles. The Balaban J connectivity index is 1.73. The third-order valence-electron chi connectivity index (χ3n) is 5.67. The Bertz CT molecular complexity index is 904.